The summed E-state index contributed by atoms with van der Waals surface area (Å²) in [5, 5.41) is 5.78. The number of hydrogen-bond acceptors (Lipinski definition) is 3. The van der Waals surface area contributed by atoms with Crippen molar-refractivity contribution < 1.29 is 17.9 Å². The minimum atomic E-state index is -4.65. The van der Waals surface area contributed by atoms with Crippen molar-refractivity contribution in [3.05, 3.63) is 71.8 Å². The third-order valence-corrected chi connectivity index (χ3v) is 4.42. The lowest BCUT2D eigenvalue weighted by Gasteiger charge is -2.33. The molecule has 1 saturated heterocycles. The zero-order valence-corrected chi connectivity index (χ0v) is 14.3. The first-order valence-electron chi connectivity index (χ1n) is 8.61. The molecule has 3 rings (SSSR count). The number of nitrogens with zero attached hydrogens (tertiary/aromatic N) is 2. The molecule has 0 radical (unpaired) electrons. The highest BCUT2D eigenvalue weighted by atomic mass is 19.4. The lowest BCUT2D eigenvalue weighted by molar-refractivity contribution is -0.256. The molecule has 0 saturated carbocycles. The minimum Gasteiger partial charge on any atom is -0.351 e. The molecule has 26 heavy (non-hydrogen) atoms. The summed E-state index contributed by atoms with van der Waals surface area (Å²) in [5.74, 6) is 0. The van der Waals surface area contributed by atoms with Crippen LogP contribution in [0.25, 0.3) is 0 Å². The molecule has 2 aromatic carbocycles. The van der Waals surface area contributed by atoms with Crippen LogP contribution in [0.1, 0.15) is 24.0 Å². The van der Waals surface area contributed by atoms with Gasteiger partial charge in [0.1, 0.15) is 0 Å². The van der Waals surface area contributed by atoms with Gasteiger partial charge in [-0.15, -0.1) is 0 Å². The van der Waals surface area contributed by atoms with Gasteiger partial charge in [0.2, 0.25) is 5.60 Å². The van der Waals surface area contributed by atoms with Crippen LogP contribution in [0, 0.1) is 0 Å². The van der Waals surface area contributed by atoms with Crippen molar-refractivity contribution in [2.75, 3.05) is 13.1 Å². The Balaban J connectivity index is 1.96. The van der Waals surface area contributed by atoms with Gasteiger partial charge in [-0.05, 0) is 24.0 Å². The third-order valence-electron chi connectivity index (χ3n) is 4.42. The van der Waals surface area contributed by atoms with Gasteiger partial charge in [0.05, 0.1) is 12.8 Å². The van der Waals surface area contributed by atoms with Crippen molar-refractivity contribution in [2.24, 2.45) is 5.10 Å². The van der Waals surface area contributed by atoms with E-state index in [2.05, 4.69) is 5.10 Å². The van der Waals surface area contributed by atoms with Crippen LogP contribution in [0.5, 0.6) is 0 Å². The lowest BCUT2D eigenvalue weighted by Crippen LogP contribution is -2.46. The van der Waals surface area contributed by atoms with Crippen molar-refractivity contribution in [2.45, 2.75) is 31.2 Å². The number of halogens is 3. The Kier molecular flexibility index (Phi) is 5.61. The van der Waals surface area contributed by atoms with Gasteiger partial charge in [-0.1, -0.05) is 60.7 Å². The van der Waals surface area contributed by atoms with Gasteiger partial charge in [-0.2, -0.15) is 18.3 Å². The lowest BCUT2D eigenvalue weighted by atomic mass is 9.94. The van der Waals surface area contributed by atoms with E-state index in [-0.39, 0.29) is 12.2 Å². The van der Waals surface area contributed by atoms with Crippen LogP contribution in [0.2, 0.25) is 0 Å². The monoisotopic (exact) mass is 362 g/mol. The maximum atomic E-state index is 14.2. The smallest absolute Gasteiger partial charge is 0.351 e. The molecule has 1 fully saturated rings. The van der Waals surface area contributed by atoms with E-state index in [1.807, 2.05) is 6.07 Å². The SMILES string of the molecule is FC(F)(F)C(/C=N/N1CCCC1)(OCc1ccccc1)c1ccccc1. The van der Waals surface area contributed by atoms with Gasteiger partial charge in [-0.3, -0.25) is 5.01 Å². The molecule has 3 nitrogen and oxygen atoms in total. The average molecular weight is 362 g/mol. The van der Waals surface area contributed by atoms with Gasteiger partial charge < -0.3 is 4.74 Å². The summed E-state index contributed by atoms with van der Waals surface area (Å²) in [5.41, 5.74) is -1.90. The third kappa shape index (κ3) is 4.07. The number of alkyl halides is 3. The van der Waals surface area contributed by atoms with Crippen LogP contribution in [0.3, 0.4) is 0 Å². The Morgan fingerprint density at radius 1 is 0.923 bits per heavy atom. The zero-order chi connectivity index (χ0) is 18.5. The van der Waals surface area contributed by atoms with E-state index in [0.29, 0.717) is 18.7 Å². The van der Waals surface area contributed by atoms with E-state index in [0.717, 1.165) is 19.1 Å². The van der Waals surface area contributed by atoms with Gasteiger partial charge in [0.15, 0.2) is 0 Å². The van der Waals surface area contributed by atoms with E-state index >= 15 is 0 Å². The summed E-state index contributed by atoms with van der Waals surface area (Å²) < 4.78 is 48.1. The summed E-state index contributed by atoms with van der Waals surface area (Å²) in [4.78, 5) is 0. The van der Waals surface area contributed by atoms with Gasteiger partial charge in [-0.25, -0.2) is 0 Å². The summed E-state index contributed by atoms with van der Waals surface area (Å²) in [6, 6.07) is 16.5. The molecule has 6 heteroatoms. The number of hydrogen-bond donors (Lipinski definition) is 0. The highest BCUT2D eigenvalue weighted by molar-refractivity contribution is 5.73. The Bertz CT molecular complexity index is 713. The number of ether oxygens (including phenoxy) is 1. The molecule has 2 aromatic rings. The van der Waals surface area contributed by atoms with Crippen LogP contribution in [0.15, 0.2) is 65.8 Å². The first-order valence-corrected chi connectivity index (χ1v) is 8.61. The second kappa shape index (κ2) is 7.91. The molecular formula is C20H21F3N2O. The van der Waals surface area contributed by atoms with E-state index in [1.165, 1.54) is 12.1 Å². The summed E-state index contributed by atoms with van der Waals surface area (Å²) >= 11 is 0. The van der Waals surface area contributed by atoms with E-state index in [4.69, 9.17) is 4.74 Å². The van der Waals surface area contributed by atoms with Crippen LogP contribution < -0.4 is 0 Å². The standard InChI is InChI=1S/C20H21F3N2O/c21-20(22,23)19(18-11-5-2-6-12-18,16-24-25-13-7-8-14-25)26-15-17-9-3-1-4-10-17/h1-6,9-12,16H,7-8,13-15H2/b24-16+. The number of rotatable bonds is 6. The molecule has 1 aliphatic rings. The molecule has 0 aromatic heterocycles. The van der Waals surface area contributed by atoms with Crippen molar-refractivity contribution >= 4 is 6.21 Å². The molecule has 0 N–H and O–H groups in total. The molecule has 0 spiro atoms. The van der Waals surface area contributed by atoms with Gasteiger partial charge in [0.25, 0.3) is 0 Å². The van der Waals surface area contributed by atoms with Crippen molar-refractivity contribution in [3.63, 3.8) is 0 Å². The molecule has 0 aliphatic carbocycles. The number of hydrazone groups is 1. The average Bonchev–Trinajstić information content (AvgIpc) is 3.16. The quantitative estimate of drug-likeness (QED) is 0.693. The Morgan fingerprint density at radius 3 is 2.08 bits per heavy atom. The second-order valence-electron chi connectivity index (χ2n) is 6.28. The van der Waals surface area contributed by atoms with E-state index < -0.39 is 11.8 Å². The largest absolute Gasteiger partial charge is 0.427 e. The van der Waals surface area contributed by atoms with Crippen molar-refractivity contribution in [3.8, 4) is 0 Å². The number of benzene rings is 2. The summed E-state index contributed by atoms with van der Waals surface area (Å²) in [6.07, 6.45) is -1.86. The fourth-order valence-corrected chi connectivity index (χ4v) is 2.95. The Hall–Kier alpha value is -2.34. The maximum Gasteiger partial charge on any atom is 0.427 e. The summed E-state index contributed by atoms with van der Waals surface area (Å²) in [6.45, 7) is 1.16. The van der Waals surface area contributed by atoms with E-state index in [1.54, 1.807) is 47.5 Å². The van der Waals surface area contributed by atoms with Crippen LogP contribution >= 0.6 is 0 Å². The van der Waals surface area contributed by atoms with Crippen LogP contribution in [-0.2, 0) is 16.9 Å². The maximum absolute atomic E-state index is 14.2. The summed E-state index contributed by atoms with van der Waals surface area (Å²) in [7, 11) is 0. The zero-order valence-electron chi connectivity index (χ0n) is 14.3. The van der Waals surface area contributed by atoms with Crippen LogP contribution in [0.4, 0.5) is 13.2 Å². The molecule has 1 aliphatic heterocycles. The minimum absolute atomic E-state index is 0.0198. The molecule has 1 atom stereocenters. The van der Waals surface area contributed by atoms with Crippen molar-refractivity contribution in [1.29, 1.82) is 0 Å². The Labute approximate surface area is 151 Å². The predicted octanol–water partition coefficient (Wildman–Crippen LogP) is 4.74. The molecule has 138 valence electrons. The Morgan fingerprint density at radius 2 is 1.50 bits per heavy atom. The first-order chi connectivity index (χ1) is 12.5. The van der Waals surface area contributed by atoms with Gasteiger partial charge >= 0.3 is 6.18 Å². The fraction of sp³-hybridized carbons (Fsp3) is 0.350. The first kappa shape index (κ1) is 18.5. The highest BCUT2D eigenvalue weighted by Crippen LogP contribution is 2.41. The van der Waals surface area contributed by atoms with E-state index in [9.17, 15) is 13.2 Å². The molecule has 0 amide bonds. The van der Waals surface area contributed by atoms with Gasteiger partial charge in [0, 0.05) is 13.1 Å². The molecular weight excluding hydrogens is 341 g/mol. The normalized spacial score (nSPS) is 17.6. The predicted molar refractivity (Wildman–Crippen MR) is 94.7 cm³/mol. The molecule has 0 bridgehead atoms. The topological polar surface area (TPSA) is 24.8 Å². The second-order valence-corrected chi connectivity index (χ2v) is 6.28. The highest BCUT2D eigenvalue weighted by Gasteiger charge is 2.57. The van der Waals surface area contributed by atoms with Crippen molar-refractivity contribution in [1.82, 2.24) is 5.01 Å². The molecule has 1 unspecified atom stereocenters. The molecule has 1 heterocycles. The van der Waals surface area contributed by atoms with Crippen LogP contribution in [-0.4, -0.2) is 30.5 Å². The fourth-order valence-electron chi connectivity index (χ4n) is 2.95.